The zero-order valence-electron chi connectivity index (χ0n) is 14.0. The number of nitrogens with zero attached hydrogens (tertiary/aromatic N) is 4. The summed E-state index contributed by atoms with van der Waals surface area (Å²) in [5.74, 6) is 0.340. The number of fused-ring (bicyclic) bond motifs is 1. The van der Waals surface area contributed by atoms with E-state index in [-0.39, 0.29) is 12.1 Å². The molecule has 0 spiro atoms. The predicted octanol–water partition coefficient (Wildman–Crippen LogP) is 3.10. The summed E-state index contributed by atoms with van der Waals surface area (Å²) in [5.41, 5.74) is 2.07. The molecule has 2 aromatic heterocycles. The van der Waals surface area contributed by atoms with Gasteiger partial charge in [-0.25, -0.2) is 9.78 Å². The van der Waals surface area contributed by atoms with Crippen LogP contribution in [-0.2, 0) is 4.74 Å². The molecule has 7 heteroatoms. The molecule has 3 rings (SSSR count). The second kappa shape index (κ2) is 6.27. The van der Waals surface area contributed by atoms with Crippen LogP contribution in [0.1, 0.15) is 35.6 Å². The van der Waals surface area contributed by atoms with Gasteiger partial charge in [-0.3, -0.25) is 0 Å². The zero-order valence-corrected chi connectivity index (χ0v) is 14.0. The highest BCUT2D eigenvalue weighted by Crippen LogP contribution is 2.24. The van der Waals surface area contributed by atoms with Gasteiger partial charge in [0.15, 0.2) is 0 Å². The number of esters is 1. The number of para-hydroxylation sites is 1. The second-order valence-electron chi connectivity index (χ2n) is 5.70. The molecule has 0 atom stereocenters. The van der Waals surface area contributed by atoms with Gasteiger partial charge in [0.2, 0.25) is 0 Å². The Morgan fingerprint density at radius 3 is 2.67 bits per heavy atom. The molecule has 0 fully saturated rings. The maximum absolute atomic E-state index is 12.2. The van der Waals surface area contributed by atoms with Crippen molar-refractivity contribution in [1.82, 2.24) is 19.6 Å². The van der Waals surface area contributed by atoms with Crippen LogP contribution in [-0.4, -0.2) is 31.7 Å². The molecule has 0 bridgehead atoms. The van der Waals surface area contributed by atoms with Crippen molar-refractivity contribution in [3.05, 3.63) is 47.3 Å². The molecule has 7 nitrogen and oxygen atoms in total. The third-order valence-electron chi connectivity index (χ3n) is 3.25. The van der Waals surface area contributed by atoms with Gasteiger partial charge < -0.3 is 9.47 Å². The Balaban J connectivity index is 1.94. The van der Waals surface area contributed by atoms with Gasteiger partial charge in [0, 0.05) is 11.4 Å². The fraction of sp³-hybridized carbons (Fsp3) is 0.294. The van der Waals surface area contributed by atoms with E-state index in [1.165, 1.54) is 0 Å². The van der Waals surface area contributed by atoms with E-state index in [9.17, 15) is 4.79 Å². The Bertz CT molecular complexity index is 902. The SMILES string of the molecule is Cc1cc(C)n2nc(Oc3ccccc3C(=O)OC(C)C)nc2n1. The second-order valence-corrected chi connectivity index (χ2v) is 5.70. The monoisotopic (exact) mass is 326 g/mol. The summed E-state index contributed by atoms with van der Waals surface area (Å²) in [7, 11) is 0. The third kappa shape index (κ3) is 3.19. The number of carbonyl (C=O) groups excluding carboxylic acids is 1. The number of carbonyl (C=O) groups is 1. The van der Waals surface area contributed by atoms with Crippen LogP contribution >= 0.6 is 0 Å². The molecule has 0 radical (unpaired) electrons. The van der Waals surface area contributed by atoms with Crippen molar-refractivity contribution in [2.24, 2.45) is 0 Å². The molecule has 0 aliphatic carbocycles. The summed E-state index contributed by atoms with van der Waals surface area (Å²) in [6.45, 7) is 7.39. The summed E-state index contributed by atoms with van der Waals surface area (Å²) < 4.78 is 12.5. The van der Waals surface area contributed by atoms with E-state index in [0.717, 1.165) is 11.4 Å². The van der Waals surface area contributed by atoms with Gasteiger partial charge in [-0.2, -0.15) is 9.50 Å². The highest BCUT2D eigenvalue weighted by molar-refractivity contribution is 5.92. The molecule has 0 N–H and O–H groups in total. The van der Waals surface area contributed by atoms with Gasteiger partial charge in [-0.1, -0.05) is 12.1 Å². The lowest BCUT2D eigenvalue weighted by molar-refractivity contribution is 0.0375. The lowest BCUT2D eigenvalue weighted by Crippen LogP contribution is -2.12. The minimum absolute atomic E-state index is 0.126. The van der Waals surface area contributed by atoms with Crippen LogP contribution in [0.2, 0.25) is 0 Å². The van der Waals surface area contributed by atoms with Crippen molar-refractivity contribution in [3.63, 3.8) is 0 Å². The quantitative estimate of drug-likeness (QED) is 0.686. The molecule has 0 unspecified atom stereocenters. The van der Waals surface area contributed by atoms with E-state index in [2.05, 4.69) is 15.1 Å². The molecule has 124 valence electrons. The Hall–Kier alpha value is -2.96. The minimum Gasteiger partial charge on any atom is -0.459 e. The van der Waals surface area contributed by atoms with Gasteiger partial charge in [-0.05, 0) is 45.9 Å². The zero-order chi connectivity index (χ0) is 17.3. The van der Waals surface area contributed by atoms with Crippen molar-refractivity contribution in [3.8, 4) is 11.8 Å². The number of aromatic nitrogens is 4. The molecule has 0 saturated carbocycles. The molecule has 0 saturated heterocycles. The summed E-state index contributed by atoms with van der Waals surface area (Å²) in [6, 6.07) is 8.86. The van der Waals surface area contributed by atoms with E-state index >= 15 is 0 Å². The first-order chi connectivity index (χ1) is 11.4. The number of aryl methyl sites for hydroxylation is 2. The minimum atomic E-state index is -0.450. The van der Waals surface area contributed by atoms with Gasteiger partial charge >= 0.3 is 12.0 Å². The van der Waals surface area contributed by atoms with E-state index < -0.39 is 5.97 Å². The van der Waals surface area contributed by atoms with E-state index in [4.69, 9.17) is 9.47 Å². The number of hydrogen-bond donors (Lipinski definition) is 0. The highest BCUT2D eigenvalue weighted by Gasteiger charge is 2.17. The van der Waals surface area contributed by atoms with E-state index in [1.807, 2.05) is 19.9 Å². The summed E-state index contributed by atoms with van der Waals surface area (Å²) >= 11 is 0. The molecular weight excluding hydrogens is 308 g/mol. The maximum Gasteiger partial charge on any atom is 0.343 e. The first-order valence-corrected chi connectivity index (χ1v) is 7.63. The molecular formula is C17H18N4O3. The Labute approximate surface area is 139 Å². The summed E-state index contributed by atoms with van der Waals surface area (Å²) in [4.78, 5) is 20.7. The van der Waals surface area contributed by atoms with E-state index in [1.54, 1.807) is 42.6 Å². The van der Waals surface area contributed by atoms with Crippen LogP contribution in [0.3, 0.4) is 0 Å². The average Bonchev–Trinajstić information content (AvgIpc) is 2.89. The fourth-order valence-corrected chi connectivity index (χ4v) is 2.29. The fourth-order valence-electron chi connectivity index (χ4n) is 2.29. The Morgan fingerprint density at radius 2 is 1.92 bits per heavy atom. The molecule has 3 aromatic rings. The van der Waals surface area contributed by atoms with Crippen molar-refractivity contribution >= 4 is 11.7 Å². The molecule has 24 heavy (non-hydrogen) atoms. The predicted molar refractivity (Wildman–Crippen MR) is 87.3 cm³/mol. The number of benzene rings is 1. The van der Waals surface area contributed by atoms with Crippen molar-refractivity contribution in [2.45, 2.75) is 33.8 Å². The molecule has 1 aromatic carbocycles. The van der Waals surface area contributed by atoms with Crippen LogP contribution in [0.4, 0.5) is 0 Å². The lowest BCUT2D eigenvalue weighted by atomic mass is 10.2. The van der Waals surface area contributed by atoms with Crippen LogP contribution < -0.4 is 4.74 Å². The smallest absolute Gasteiger partial charge is 0.343 e. The molecule has 2 heterocycles. The number of hydrogen-bond acceptors (Lipinski definition) is 6. The normalized spacial score (nSPS) is 11.0. The van der Waals surface area contributed by atoms with Crippen molar-refractivity contribution in [2.75, 3.05) is 0 Å². The van der Waals surface area contributed by atoms with Crippen LogP contribution in [0.15, 0.2) is 30.3 Å². The first kappa shape index (κ1) is 15.9. The maximum atomic E-state index is 12.2. The van der Waals surface area contributed by atoms with E-state index in [0.29, 0.717) is 17.1 Å². The van der Waals surface area contributed by atoms with Crippen molar-refractivity contribution < 1.29 is 14.3 Å². The molecule has 0 aliphatic heterocycles. The largest absolute Gasteiger partial charge is 0.459 e. The third-order valence-corrected chi connectivity index (χ3v) is 3.25. The average molecular weight is 326 g/mol. The van der Waals surface area contributed by atoms with Crippen molar-refractivity contribution in [1.29, 1.82) is 0 Å². The summed E-state index contributed by atoms with van der Waals surface area (Å²) in [5, 5.41) is 4.28. The van der Waals surface area contributed by atoms with Gasteiger partial charge in [0.05, 0.1) is 6.10 Å². The standard InChI is InChI=1S/C17H18N4O3/c1-10(2)23-15(22)13-7-5-6-8-14(13)24-17-19-16-18-11(3)9-12(4)21(16)20-17/h5-10H,1-4H3. The first-order valence-electron chi connectivity index (χ1n) is 7.63. The number of ether oxygens (including phenoxy) is 2. The van der Waals surface area contributed by atoms with Gasteiger partial charge in [0.1, 0.15) is 11.3 Å². The summed E-state index contributed by atoms with van der Waals surface area (Å²) in [6.07, 6.45) is -0.214. The van der Waals surface area contributed by atoms with Crippen LogP contribution in [0, 0.1) is 13.8 Å². The Kier molecular flexibility index (Phi) is 4.16. The van der Waals surface area contributed by atoms with Gasteiger partial charge in [-0.15, -0.1) is 5.10 Å². The van der Waals surface area contributed by atoms with Crippen LogP contribution in [0.25, 0.3) is 5.78 Å². The Morgan fingerprint density at radius 1 is 1.17 bits per heavy atom. The number of rotatable bonds is 4. The molecule has 0 amide bonds. The topological polar surface area (TPSA) is 78.6 Å². The highest BCUT2D eigenvalue weighted by atomic mass is 16.5. The van der Waals surface area contributed by atoms with Gasteiger partial charge in [0.25, 0.3) is 5.78 Å². The lowest BCUT2D eigenvalue weighted by Gasteiger charge is -2.10. The molecule has 0 aliphatic rings. The van der Waals surface area contributed by atoms with Crippen LogP contribution in [0.5, 0.6) is 11.8 Å².